The smallest absolute Gasteiger partial charge is 0.0595 e. The fourth-order valence-corrected chi connectivity index (χ4v) is 3.08. The zero-order valence-corrected chi connectivity index (χ0v) is 13.1. The molecule has 2 rings (SSSR count). The van der Waals surface area contributed by atoms with Crippen LogP contribution >= 0.6 is 0 Å². The molecule has 1 aliphatic heterocycles. The Morgan fingerprint density at radius 1 is 1.20 bits per heavy atom. The summed E-state index contributed by atoms with van der Waals surface area (Å²) in [5, 5.41) is 0. The molecule has 1 aliphatic rings. The van der Waals surface area contributed by atoms with Crippen molar-refractivity contribution >= 4 is 0 Å². The van der Waals surface area contributed by atoms with Crippen LogP contribution < -0.4 is 5.73 Å². The van der Waals surface area contributed by atoms with E-state index in [-0.39, 0.29) is 6.04 Å². The molecular weight excluding hydrogens is 248 g/mol. The van der Waals surface area contributed by atoms with Gasteiger partial charge in [0.2, 0.25) is 0 Å². The molecule has 1 saturated heterocycles. The Morgan fingerprint density at radius 2 is 1.80 bits per heavy atom. The molecule has 1 aromatic carbocycles. The van der Waals surface area contributed by atoms with Crippen molar-refractivity contribution in [2.75, 3.05) is 26.7 Å². The maximum absolute atomic E-state index is 6.35. The molecule has 0 amide bonds. The summed E-state index contributed by atoms with van der Waals surface area (Å²) < 4.78 is 5.41. The third-order valence-electron chi connectivity index (χ3n) is 4.30. The summed E-state index contributed by atoms with van der Waals surface area (Å²) in [6.45, 7) is 7.64. The number of hydrogen-bond acceptors (Lipinski definition) is 3. The monoisotopic (exact) mass is 276 g/mol. The number of nitrogens with two attached hydrogens (primary N) is 1. The first kappa shape index (κ1) is 15.5. The minimum Gasteiger partial charge on any atom is -0.381 e. The van der Waals surface area contributed by atoms with E-state index in [0.717, 1.165) is 38.9 Å². The number of likely N-dealkylation sites (tertiary alicyclic amines) is 1. The van der Waals surface area contributed by atoms with E-state index < -0.39 is 0 Å². The molecule has 1 aromatic rings. The first-order valence-electron chi connectivity index (χ1n) is 7.67. The Hall–Kier alpha value is -0.900. The van der Waals surface area contributed by atoms with Gasteiger partial charge in [0, 0.05) is 26.2 Å². The van der Waals surface area contributed by atoms with Crippen molar-refractivity contribution in [1.29, 1.82) is 0 Å². The summed E-state index contributed by atoms with van der Waals surface area (Å²) in [6.07, 6.45) is 3.78. The summed E-state index contributed by atoms with van der Waals surface area (Å²) in [7, 11) is 1.82. The second-order valence-corrected chi connectivity index (χ2v) is 6.09. The van der Waals surface area contributed by atoms with E-state index in [1.165, 1.54) is 16.7 Å². The van der Waals surface area contributed by atoms with E-state index in [1.54, 1.807) is 0 Å². The third kappa shape index (κ3) is 4.30. The Kier molecular flexibility index (Phi) is 5.58. The number of ether oxygens (including phenoxy) is 1. The third-order valence-corrected chi connectivity index (χ3v) is 4.30. The summed E-state index contributed by atoms with van der Waals surface area (Å²) in [6, 6.07) is 6.78. The van der Waals surface area contributed by atoms with Crippen molar-refractivity contribution in [3.8, 4) is 0 Å². The van der Waals surface area contributed by atoms with Crippen LogP contribution in [0.4, 0.5) is 0 Å². The van der Waals surface area contributed by atoms with Crippen molar-refractivity contribution in [1.82, 2.24) is 4.90 Å². The number of aryl methyl sites for hydroxylation is 2. The molecule has 3 nitrogen and oxygen atoms in total. The average Bonchev–Trinajstić information content (AvgIpc) is 2.44. The second kappa shape index (κ2) is 7.21. The second-order valence-electron chi connectivity index (χ2n) is 6.09. The van der Waals surface area contributed by atoms with E-state index in [2.05, 4.69) is 36.9 Å². The van der Waals surface area contributed by atoms with Crippen LogP contribution in [0.5, 0.6) is 0 Å². The van der Waals surface area contributed by atoms with Crippen LogP contribution in [0.15, 0.2) is 18.2 Å². The van der Waals surface area contributed by atoms with Gasteiger partial charge in [0.1, 0.15) is 0 Å². The lowest BCUT2D eigenvalue weighted by molar-refractivity contribution is 0.0404. The highest BCUT2D eigenvalue weighted by atomic mass is 16.5. The minimum atomic E-state index is 0.147. The molecule has 112 valence electrons. The van der Waals surface area contributed by atoms with Crippen LogP contribution in [0.3, 0.4) is 0 Å². The van der Waals surface area contributed by atoms with Gasteiger partial charge < -0.3 is 15.4 Å². The van der Waals surface area contributed by atoms with Gasteiger partial charge in [0.15, 0.2) is 0 Å². The molecule has 1 fully saturated rings. The van der Waals surface area contributed by atoms with Crippen LogP contribution in [0, 0.1) is 13.8 Å². The van der Waals surface area contributed by atoms with Crippen molar-refractivity contribution in [3.05, 3.63) is 34.9 Å². The lowest BCUT2D eigenvalue weighted by Gasteiger charge is -2.31. The molecule has 3 heteroatoms. The fourth-order valence-electron chi connectivity index (χ4n) is 3.08. The molecule has 1 atom stereocenters. The van der Waals surface area contributed by atoms with Gasteiger partial charge in [0.25, 0.3) is 0 Å². The van der Waals surface area contributed by atoms with Crippen LogP contribution in [-0.2, 0) is 4.74 Å². The molecule has 0 spiro atoms. The number of nitrogens with zero attached hydrogens (tertiary/aromatic N) is 1. The molecule has 0 bridgehead atoms. The number of piperidine rings is 1. The predicted octanol–water partition coefficient (Wildman–Crippen LogP) is 2.80. The largest absolute Gasteiger partial charge is 0.381 e. The van der Waals surface area contributed by atoms with Gasteiger partial charge in [-0.2, -0.15) is 0 Å². The molecule has 2 N–H and O–H groups in total. The molecular formula is C17H28N2O. The number of benzene rings is 1. The first-order valence-corrected chi connectivity index (χ1v) is 7.67. The molecule has 20 heavy (non-hydrogen) atoms. The minimum absolute atomic E-state index is 0.147. The lowest BCUT2D eigenvalue weighted by Crippen LogP contribution is -2.38. The van der Waals surface area contributed by atoms with Crippen molar-refractivity contribution < 1.29 is 4.74 Å². The molecule has 0 saturated carbocycles. The summed E-state index contributed by atoms with van der Waals surface area (Å²) in [5.41, 5.74) is 10.2. The Morgan fingerprint density at radius 3 is 2.35 bits per heavy atom. The van der Waals surface area contributed by atoms with Crippen LogP contribution in [-0.4, -0.2) is 37.7 Å². The Bertz CT molecular complexity index is 405. The van der Waals surface area contributed by atoms with E-state index >= 15 is 0 Å². The molecule has 1 unspecified atom stereocenters. The van der Waals surface area contributed by atoms with Crippen molar-refractivity contribution in [2.24, 2.45) is 5.73 Å². The average molecular weight is 276 g/mol. The molecule has 0 aromatic heterocycles. The van der Waals surface area contributed by atoms with Gasteiger partial charge in [-0.25, -0.2) is 0 Å². The quantitative estimate of drug-likeness (QED) is 0.898. The van der Waals surface area contributed by atoms with Gasteiger partial charge >= 0.3 is 0 Å². The van der Waals surface area contributed by atoms with Crippen molar-refractivity contribution in [3.63, 3.8) is 0 Å². The molecule has 1 heterocycles. The van der Waals surface area contributed by atoms with Gasteiger partial charge in [-0.3, -0.25) is 0 Å². The van der Waals surface area contributed by atoms with E-state index in [4.69, 9.17) is 10.5 Å². The fraction of sp³-hybridized carbons (Fsp3) is 0.647. The predicted molar refractivity (Wildman–Crippen MR) is 83.9 cm³/mol. The van der Waals surface area contributed by atoms with E-state index in [9.17, 15) is 0 Å². The lowest BCUT2D eigenvalue weighted by atomic mass is 9.99. The van der Waals surface area contributed by atoms with Crippen LogP contribution in [0.25, 0.3) is 0 Å². The molecule has 0 radical (unpaired) electrons. The highest BCUT2D eigenvalue weighted by Crippen LogP contribution is 2.19. The van der Waals surface area contributed by atoms with Gasteiger partial charge in [-0.05, 0) is 45.2 Å². The number of rotatable bonds is 5. The standard InChI is InChI=1S/C17H28N2O/c1-13-10-14(2)12-15(11-13)17(18)6-9-19-7-4-16(20-3)5-8-19/h10-12,16-17H,4-9,18H2,1-3H3. The highest BCUT2D eigenvalue weighted by Gasteiger charge is 2.19. The zero-order chi connectivity index (χ0) is 14.5. The maximum atomic E-state index is 6.35. The maximum Gasteiger partial charge on any atom is 0.0595 e. The topological polar surface area (TPSA) is 38.5 Å². The SMILES string of the molecule is COC1CCN(CCC(N)c2cc(C)cc(C)c2)CC1. The van der Waals surface area contributed by atoms with Gasteiger partial charge in [-0.1, -0.05) is 29.3 Å². The molecule has 0 aliphatic carbocycles. The summed E-state index contributed by atoms with van der Waals surface area (Å²) in [5.74, 6) is 0. The zero-order valence-electron chi connectivity index (χ0n) is 13.1. The first-order chi connectivity index (χ1) is 9.58. The van der Waals surface area contributed by atoms with Crippen molar-refractivity contribution in [2.45, 2.75) is 45.3 Å². The normalized spacial score (nSPS) is 19.2. The van der Waals surface area contributed by atoms with Gasteiger partial charge in [0.05, 0.1) is 6.10 Å². The summed E-state index contributed by atoms with van der Waals surface area (Å²) >= 11 is 0. The van der Waals surface area contributed by atoms with Crippen LogP contribution in [0.2, 0.25) is 0 Å². The van der Waals surface area contributed by atoms with E-state index in [0.29, 0.717) is 6.10 Å². The number of methoxy groups -OCH3 is 1. The number of hydrogen-bond donors (Lipinski definition) is 1. The van der Waals surface area contributed by atoms with Gasteiger partial charge in [-0.15, -0.1) is 0 Å². The highest BCUT2D eigenvalue weighted by molar-refractivity contribution is 5.30. The van der Waals surface area contributed by atoms with E-state index in [1.807, 2.05) is 7.11 Å². The summed E-state index contributed by atoms with van der Waals surface area (Å²) in [4.78, 5) is 2.51. The van der Waals surface area contributed by atoms with Crippen LogP contribution in [0.1, 0.15) is 42.0 Å². The Balaban J connectivity index is 1.81. The Labute approximate surface area is 123 Å².